The van der Waals surface area contributed by atoms with Gasteiger partial charge < -0.3 is 15.0 Å². The highest BCUT2D eigenvalue weighted by Gasteiger charge is 2.24. The summed E-state index contributed by atoms with van der Waals surface area (Å²) in [7, 11) is 0. The number of carbonyl (C=O) groups is 2. The molecule has 0 aromatic heterocycles. The number of hydrogen-bond donors (Lipinski definition) is 1. The first kappa shape index (κ1) is 19.2. The molecule has 0 aliphatic carbocycles. The highest BCUT2D eigenvalue weighted by Crippen LogP contribution is 2.25. The summed E-state index contributed by atoms with van der Waals surface area (Å²) in [5, 5.41) is 3.24. The highest BCUT2D eigenvalue weighted by molar-refractivity contribution is 6.31. The topological polar surface area (TPSA) is 58.6 Å². The van der Waals surface area contributed by atoms with E-state index in [9.17, 15) is 9.59 Å². The lowest BCUT2D eigenvalue weighted by atomic mass is 10.0. The molecular formula is C21H23ClN2O3. The molecule has 1 fully saturated rings. The standard InChI is InChI=1S/C21H23ClN2O3/c1-15-7-5-6-12-24(15)20(25)14-27-19-11-10-16(22)13-18(19)21(26)23-17-8-3-2-4-9-17/h2-4,8-11,13,15H,5-7,12,14H2,1H3,(H,23,26)/t15-/m1/s1. The van der Waals surface area contributed by atoms with Crippen LogP contribution in [0.4, 0.5) is 5.69 Å². The van der Waals surface area contributed by atoms with Gasteiger partial charge in [-0.25, -0.2) is 0 Å². The summed E-state index contributed by atoms with van der Waals surface area (Å²) in [5.74, 6) is -0.0603. The van der Waals surface area contributed by atoms with Gasteiger partial charge in [0.15, 0.2) is 6.61 Å². The van der Waals surface area contributed by atoms with E-state index in [1.807, 2.05) is 23.1 Å². The monoisotopic (exact) mass is 386 g/mol. The first-order chi connectivity index (χ1) is 13.0. The smallest absolute Gasteiger partial charge is 0.260 e. The van der Waals surface area contributed by atoms with Crippen LogP contribution in [0.1, 0.15) is 36.5 Å². The van der Waals surface area contributed by atoms with Gasteiger partial charge in [-0.3, -0.25) is 9.59 Å². The maximum absolute atomic E-state index is 12.6. The van der Waals surface area contributed by atoms with Gasteiger partial charge in [-0.15, -0.1) is 0 Å². The molecule has 1 aliphatic heterocycles. The lowest BCUT2D eigenvalue weighted by Gasteiger charge is -2.33. The Morgan fingerprint density at radius 2 is 1.96 bits per heavy atom. The minimum atomic E-state index is -0.336. The predicted octanol–water partition coefficient (Wildman–Crippen LogP) is 4.37. The third-order valence-corrected chi connectivity index (χ3v) is 4.93. The van der Waals surface area contributed by atoms with E-state index in [0.717, 1.165) is 25.8 Å². The molecule has 1 atom stereocenters. The van der Waals surface area contributed by atoms with Crippen molar-refractivity contribution in [1.82, 2.24) is 4.90 Å². The van der Waals surface area contributed by atoms with Gasteiger partial charge in [0.2, 0.25) is 0 Å². The van der Waals surface area contributed by atoms with Crippen molar-refractivity contribution in [2.45, 2.75) is 32.2 Å². The maximum atomic E-state index is 12.6. The number of ether oxygens (including phenoxy) is 1. The molecule has 1 saturated heterocycles. The number of halogens is 1. The first-order valence-corrected chi connectivity index (χ1v) is 9.50. The molecule has 0 saturated carbocycles. The Bertz CT molecular complexity index is 810. The summed E-state index contributed by atoms with van der Waals surface area (Å²) in [6, 6.07) is 14.2. The fourth-order valence-electron chi connectivity index (χ4n) is 3.22. The minimum absolute atomic E-state index is 0.0634. The zero-order chi connectivity index (χ0) is 19.2. The summed E-state index contributed by atoms with van der Waals surface area (Å²) < 4.78 is 5.70. The molecule has 0 spiro atoms. The quantitative estimate of drug-likeness (QED) is 0.829. The van der Waals surface area contributed by atoms with Gasteiger partial charge in [-0.2, -0.15) is 0 Å². The Kier molecular flexibility index (Phi) is 6.35. The van der Waals surface area contributed by atoms with Crippen molar-refractivity contribution in [2.75, 3.05) is 18.5 Å². The molecule has 2 aromatic carbocycles. The van der Waals surface area contributed by atoms with E-state index in [4.69, 9.17) is 16.3 Å². The Labute approximate surface area is 164 Å². The van der Waals surface area contributed by atoms with Crippen LogP contribution in [0.3, 0.4) is 0 Å². The summed E-state index contributed by atoms with van der Waals surface area (Å²) >= 11 is 6.06. The number of benzene rings is 2. The van der Waals surface area contributed by atoms with Crippen molar-refractivity contribution < 1.29 is 14.3 Å². The van der Waals surface area contributed by atoms with Gasteiger partial charge in [-0.1, -0.05) is 29.8 Å². The van der Waals surface area contributed by atoms with Gasteiger partial charge in [0, 0.05) is 23.3 Å². The number of hydrogen-bond acceptors (Lipinski definition) is 3. The fourth-order valence-corrected chi connectivity index (χ4v) is 3.39. The number of nitrogens with zero attached hydrogens (tertiary/aromatic N) is 1. The molecule has 1 heterocycles. The Morgan fingerprint density at radius 3 is 2.70 bits per heavy atom. The van der Waals surface area contributed by atoms with Gasteiger partial charge in [-0.05, 0) is 56.5 Å². The summed E-state index contributed by atoms with van der Waals surface area (Å²) in [5.41, 5.74) is 0.970. The Hall–Kier alpha value is -2.53. The van der Waals surface area contributed by atoms with Crippen molar-refractivity contribution in [3.63, 3.8) is 0 Å². The van der Waals surface area contributed by atoms with Crippen molar-refractivity contribution in [2.24, 2.45) is 0 Å². The number of para-hydroxylation sites is 1. The number of anilines is 1. The van der Waals surface area contributed by atoms with Crippen LogP contribution in [0.15, 0.2) is 48.5 Å². The second-order valence-corrected chi connectivity index (χ2v) is 7.12. The molecule has 0 bridgehead atoms. The van der Waals surface area contributed by atoms with E-state index in [-0.39, 0.29) is 24.5 Å². The third-order valence-electron chi connectivity index (χ3n) is 4.69. The molecule has 0 radical (unpaired) electrons. The molecule has 6 heteroatoms. The number of amides is 2. The summed E-state index contributed by atoms with van der Waals surface area (Å²) in [4.78, 5) is 27.0. The number of nitrogens with one attached hydrogen (secondary N) is 1. The normalized spacial score (nSPS) is 16.7. The first-order valence-electron chi connectivity index (χ1n) is 9.13. The largest absolute Gasteiger partial charge is 0.483 e. The molecule has 27 heavy (non-hydrogen) atoms. The van der Waals surface area contributed by atoms with E-state index >= 15 is 0 Å². The fraction of sp³-hybridized carbons (Fsp3) is 0.333. The van der Waals surface area contributed by atoms with Gasteiger partial charge in [0.05, 0.1) is 5.56 Å². The molecule has 2 amide bonds. The molecule has 1 aliphatic rings. The zero-order valence-electron chi connectivity index (χ0n) is 15.3. The summed E-state index contributed by atoms with van der Waals surface area (Å²) in [6.45, 7) is 2.71. The van der Waals surface area contributed by atoms with Crippen LogP contribution in [0, 0.1) is 0 Å². The van der Waals surface area contributed by atoms with E-state index in [1.165, 1.54) is 0 Å². The molecule has 5 nitrogen and oxygen atoms in total. The predicted molar refractivity (Wildman–Crippen MR) is 106 cm³/mol. The van der Waals surface area contributed by atoms with Crippen molar-refractivity contribution in [3.8, 4) is 5.75 Å². The highest BCUT2D eigenvalue weighted by atomic mass is 35.5. The summed E-state index contributed by atoms with van der Waals surface area (Å²) in [6.07, 6.45) is 3.17. The average Bonchev–Trinajstić information content (AvgIpc) is 2.68. The molecular weight excluding hydrogens is 364 g/mol. The second-order valence-electron chi connectivity index (χ2n) is 6.68. The van der Waals surface area contributed by atoms with Gasteiger partial charge in [0.1, 0.15) is 5.75 Å². The number of carbonyl (C=O) groups excluding carboxylic acids is 2. The minimum Gasteiger partial charge on any atom is -0.483 e. The maximum Gasteiger partial charge on any atom is 0.260 e. The van der Waals surface area contributed by atoms with E-state index < -0.39 is 0 Å². The van der Waals surface area contributed by atoms with Gasteiger partial charge in [0.25, 0.3) is 11.8 Å². The van der Waals surface area contributed by atoms with Crippen LogP contribution in [-0.2, 0) is 4.79 Å². The van der Waals surface area contributed by atoms with Crippen LogP contribution in [0.25, 0.3) is 0 Å². The number of rotatable bonds is 5. The lowest BCUT2D eigenvalue weighted by molar-refractivity contribution is -0.136. The molecule has 3 rings (SSSR count). The SMILES string of the molecule is C[C@@H]1CCCCN1C(=O)COc1ccc(Cl)cc1C(=O)Nc1ccccc1. The van der Waals surface area contributed by atoms with Crippen LogP contribution < -0.4 is 10.1 Å². The Morgan fingerprint density at radius 1 is 1.19 bits per heavy atom. The Balaban J connectivity index is 1.70. The second kappa shape index (κ2) is 8.91. The van der Waals surface area contributed by atoms with Crippen LogP contribution >= 0.6 is 11.6 Å². The molecule has 2 aromatic rings. The van der Waals surface area contributed by atoms with E-state index in [2.05, 4.69) is 12.2 Å². The number of likely N-dealkylation sites (tertiary alicyclic amines) is 1. The van der Waals surface area contributed by atoms with E-state index in [1.54, 1.807) is 30.3 Å². The van der Waals surface area contributed by atoms with Crippen LogP contribution in [0.5, 0.6) is 5.75 Å². The molecule has 1 N–H and O–H groups in total. The van der Waals surface area contributed by atoms with Crippen molar-refractivity contribution in [3.05, 3.63) is 59.1 Å². The molecule has 0 unspecified atom stereocenters. The zero-order valence-corrected chi connectivity index (χ0v) is 16.0. The van der Waals surface area contributed by atoms with Crippen molar-refractivity contribution >= 4 is 29.1 Å². The van der Waals surface area contributed by atoms with Crippen LogP contribution in [-0.4, -0.2) is 35.9 Å². The molecule has 142 valence electrons. The average molecular weight is 387 g/mol. The number of piperidine rings is 1. The van der Waals surface area contributed by atoms with E-state index in [0.29, 0.717) is 22.0 Å². The lowest BCUT2D eigenvalue weighted by Crippen LogP contribution is -2.44. The van der Waals surface area contributed by atoms with Gasteiger partial charge >= 0.3 is 0 Å². The van der Waals surface area contributed by atoms with Crippen molar-refractivity contribution in [1.29, 1.82) is 0 Å². The third kappa shape index (κ3) is 5.01. The van der Waals surface area contributed by atoms with Crippen LogP contribution in [0.2, 0.25) is 5.02 Å².